The van der Waals surface area contributed by atoms with Crippen LogP contribution in [0.1, 0.15) is 96.0 Å². The number of nitrogens with zero attached hydrogens (tertiary/aromatic N) is 2. The number of carbonyl (C=O) groups is 1. The molecule has 7 heteroatoms. The van der Waals surface area contributed by atoms with Gasteiger partial charge in [0.25, 0.3) is 0 Å². The van der Waals surface area contributed by atoms with Crippen molar-refractivity contribution in [1.29, 1.82) is 0 Å². The Labute approximate surface area is 238 Å². The molecule has 0 saturated heterocycles. The number of benzene rings is 1. The lowest BCUT2D eigenvalue weighted by Gasteiger charge is -2.16. The Morgan fingerprint density at radius 1 is 1.23 bits per heavy atom. The van der Waals surface area contributed by atoms with Crippen molar-refractivity contribution in [3.8, 4) is 17.0 Å². The van der Waals surface area contributed by atoms with Crippen molar-refractivity contribution in [1.82, 2.24) is 15.2 Å². The van der Waals surface area contributed by atoms with E-state index >= 15 is 0 Å². The van der Waals surface area contributed by atoms with Gasteiger partial charge < -0.3 is 9.84 Å². The van der Waals surface area contributed by atoms with Crippen LogP contribution in [0.15, 0.2) is 42.7 Å². The second-order valence-corrected chi connectivity index (χ2v) is 10.8. The normalized spacial score (nSPS) is 13.6. The maximum absolute atomic E-state index is 11.3. The number of fused-ring (bicyclic) bond motifs is 1. The molecule has 6 nitrogen and oxygen atoms in total. The molecule has 39 heavy (non-hydrogen) atoms. The maximum atomic E-state index is 11.3. The molecule has 3 heterocycles. The second-order valence-electron chi connectivity index (χ2n) is 10.3. The number of allylic oxidation sites excluding steroid dienone is 2. The van der Waals surface area contributed by atoms with Crippen LogP contribution in [0.2, 0.25) is 5.02 Å². The van der Waals surface area contributed by atoms with Crippen LogP contribution in [0.4, 0.5) is 0 Å². The molecule has 0 radical (unpaired) electrons. The Hall–Kier alpha value is -2.96. The molecule has 0 fully saturated rings. The van der Waals surface area contributed by atoms with Crippen molar-refractivity contribution >= 4 is 23.5 Å². The first-order chi connectivity index (χ1) is 18.6. The van der Waals surface area contributed by atoms with Crippen LogP contribution in [0.5, 0.6) is 5.75 Å². The van der Waals surface area contributed by atoms with Crippen molar-refractivity contribution in [3.05, 3.63) is 70.1 Å². The molecule has 0 bridgehead atoms. The van der Waals surface area contributed by atoms with Crippen LogP contribution in [0.3, 0.4) is 0 Å². The van der Waals surface area contributed by atoms with Gasteiger partial charge >= 0.3 is 0 Å². The van der Waals surface area contributed by atoms with Crippen LogP contribution in [-0.4, -0.2) is 38.8 Å². The lowest BCUT2D eigenvalue weighted by atomic mass is 9.90. The van der Waals surface area contributed by atoms with E-state index in [0.29, 0.717) is 11.5 Å². The second kappa shape index (κ2) is 15.6. The standard InChI is InChI=1S/C18H23N3O.C9H9ClO.C5H12O/c1-5-12(4)14-8-18(16-10-20-21-17(16)7-3)19-9-15(14)13(6-2)11-22;10-8-3-4-9-7(6-8)2-1-5-11-9;1-4-5(2,3)6/h6,8-12H,5,7H2,1-4H3,(H,20,21);3-4,6H,1-2,5H2;6H,4H2,1-3H3/b13-6-;;. The molecule has 0 aliphatic carbocycles. The molecule has 4 rings (SSSR count). The van der Waals surface area contributed by atoms with E-state index < -0.39 is 5.60 Å². The van der Waals surface area contributed by atoms with E-state index in [4.69, 9.17) is 21.4 Å². The number of aromatic amines is 1. The Morgan fingerprint density at radius 3 is 2.54 bits per heavy atom. The first-order valence-electron chi connectivity index (χ1n) is 13.9. The van der Waals surface area contributed by atoms with Crippen LogP contribution in [0, 0.1) is 0 Å². The summed E-state index contributed by atoms with van der Waals surface area (Å²) in [5.74, 6) is 1.37. The zero-order valence-corrected chi connectivity index (χ0v) is 25.2. The van der Waals surface area contributed by atoms with E-state index in [-0.39, 0.29) is 0 Å². The summed E-state index contributed by atoms with van der Waals surface area (Å²) in [7, 11) is 0. The number of carbonyl (C=O) groups excluding carboxylic acids is 1. The number of nitrogens with one attached hydrogen (secondary N) is 1. The predicted molar refractivity (Wildman–Crippen MR) is 161 cm³/mol. The van der Waals surface area contributed by atoms with Crippen molar-refractivity contribution in [2.75, 3.05) is 6.61 Å². The Morgan fingerprint density at radius 2 is 1.95 bits per heavy atom. The lowest BCUT2D eigenvalue weighted by Crippen LogP contribution is -2.15. The number of aromatic nitrogens is 3. The molecule has 1 aliphatic heterocycles. The Kier molecular flexibility index (Phi) is 12.9. The number of ether oxygens (including phenoxy) is 1. The smallest absolute Gasteiger partial charge is 0.150 e. The molecule has 0 amide bonds. The van der Waals surface area contributed by atoms with Crippen LogP contribution < -0.4 is 4.74 Å². The summed E-state index contributed by atoms with van der Waals surface area (Å²) in [5.41, 5.74) is 6.59. The summed E-state index contributed by atoms with van der Waals surface area (Å²) in [6.45, 7) is 14.7. The SMILES string of the molecule is C/C=C(/C=O)c1cnc(-c2cn[nH]c2CC)cc1C(C)CC.CCC(C)(C)O.Clc1ccc2c(c1)CCCO2. The van der Waals surface area contributed by atoms with E-state index in [0.717, 1.165) is 83.8 Å². The van der Waals surface area contributed by atoms with Gasteiger partial charge in [0, 0.05) is 33.6 Å². The van der Waals surface area contributed by atoms with Gasteiger partial charge in [0.05, 0.1) is 24.1 Å². The monoisotopic (exact) mass is 553 g/mol. The van der Waals surface area contributed by atoms with Crippen molar-refractivity contribution in [2.24, 2.45) is 0 Å². The number of hydrogen-bond donors (Lipinski definition) is 2. The van der Waals surface area contributed by atoms with Gasteiger partial charge in [-0.05, 0) is 94.2 Å². The summed E-state index contributed by atoms with van der Waals surface area (Å²) in [4.78, 5) is 15.9. The van der Waals surface area contributed by atoms with Gasteiger partial charge in [0.2, 0.25) is 0 Å². The number of rotatable bonds is 7. The highest BCUT2D eigenvalue weighted by atomic mass is 35.5. The first-order valence-corrected chi connectivity index (χ1v) is 14.2. The minimum Gasteiger partial charge on any atom is -0.493 e. The zero-order valence-electron chi connectivity index (χ0n) is 24.5. The van der Waals surface area contributed by atoms with E-state index in [9.17, 15) is 4.79 Å². The number of aliphatic hydroxyl groups is 1. The highest BCUT2D eigenvalue weighted by Gasteiger charge is 2.16. The van der Waals surface area contributed by atoms with E-state index in [1.807, 2.05) is 50.5 Å². The van der Waals surface area contributed by atoms with Gasteiger partial charge in [-0.25, -0.2) is 0 Å². The molecule has 2 aromatic heterocycles. The predicted octanol–water partition coefficient (Wildman–Crippen LogP) is 7.98. The van der Waals surface area contributed by atoms with Gasteiger partial charge in [-0.15, -0.1) is 0 Å². The summed E-state index contributed by atoms with van der Waals surface area (Å²) in [6.07, 6.45) is 11.3. The molecule has 0 spiro atoms. The first kappa shape index (κ1) is 32.3. The fourth-order valence-corrected chi connectivity index (χ4v) is 4.10. The maximum Gasteiger partial charge on any atom is 0.150 e. The third kappa shape index (κ3) is 9.63. The fraction of sp³-hybridized carbons (Fsp3) is 0.469. The van der Waals surface area contributed by atoms with Crippen LogP contribution >= 0.6 is 11.6 Å². The largest absolute Gasteiger partial charge is 0.493 e. The third-order valence-electron chi connectivity index (χ3n) is 6.91. The minimum atomic E-state index is -0.458. The van der Waals surface area contributed by atoms with E-state index in [2.05, 4.69) is 42.0 Å². The summed E-state index contributed by atoms with van der Waals surface area (Å²) in [5, 5.41) is 16.8. The molecular weight excluding hydrogens is 510 g/mol. The average molecular weight is 554 g/mol. The number of aryl methyl sites for hydroxylation is 2. The molecule has 1 unspecified atom stereocenters. The number of halogens is 1. The van der Waals surface area contributed by atoms with Gasteiger partial charge in [-0.3, -0.25) is 14.9 Å². The number of hydrogen-bond acceptors (Lipinski definition) is 5. The lowest BCUT2D eigenvalue weighted by molar-refractivity contribution is -0.103. The molecule has 3 aromatic rings. The molecule has 212 valence electrons. The Balaban J connectivity index is 0.000000258. The molecule has 1 atom stereocenters. The fourth-order valence-electron chi connectivity index (χ4n) is 3.91. The number of pyridine rings is 1. The summed E-state index contributed by atoms with van der Waals surface area (Å²) in [6, 6.07) is 7.89. The van der Waals surface area contributed by atoms with Crippen LogP contribution in [0.25, 0.3) is 16.8 Å². The highest BCUT2D eigenvalue weighted by molar-refractivity contribution is 6.30. The molecular formula is C32H44ClN3O3. The van der Waals surface area contributed by atoms with Crippen molar-refractivity contribution in [2.45, 2.75) is 92.1 Å². The number of H-pyrrole nitrogens is 1. The molecule has 1 aliphatic rings. The highest BCUT2D eigenvalue weighted by Crippen LogP contribution is 2.31. The molecule has 0 saturated carbocycles. The average Bonchev–Trinajstić information content (AvgIpc) is 3.43. The zero-order chi connectivity index (χ0) is 29.0. The Bertz CT molecular complexity index is 1230. The van der Waals surface area contributed by atoms with Gasteiger partial charge in [0.15, 0.2) is 0 Å². The molecule has 1 aromatic carbocycles. The molecule has 2 N–H and O–H groups in total. The minimum absolute atomic E-state index is 0.364. The van der Waals surface area contributed by atoms with Crippen molar-refractivity contribution in [3.63, 3.8) is 0 Å². The van der Waals surface area contributed by atoms with Crippen LogP contribution in [-0.2, 0) is 17.6 Å². The van der Waals surface area contributed by atoms with Gasteiger partial charge in [0.1, 0.15) is 12.0 Å². The summed E-state index contributed by atoms with van der Waals surface area (Å²) < 4.78 is 5.42. The number of aldehydes is 1. The van der Waals surface area contributed by atoms with Gasteiger partial charge in [-0.2, -0.15) is 5.10 Å². The van der Waals surface area contributed by atoms with Gasteiger partial charge in [-0.1, -0.05) is 45.4 Å². The van der Waals surface area contributed by atoms with E-state index in [1.54, 1.807) is 13.8 Å². The topological polar surface area (TPSA) is 88.1 Å². The van der Waals surface area contributed by atoms with Crippen molar-refractivity contribution < 1.29 is 14.6 Å². The quantitative estimate of drug-likeness (QED) is 0.229. The third-order valence-corrected chi connectivity index (χ3v) is 7.15. The summed E-state index contributed by atoms with van der Waals surface area (Å²) >= 11 is 5.82. The van der Waals surface area contributed by atoms with E-state index in [1.165, 1.54) is 5.56 Å².